The van der Waals surface area contributed by atoms with E-state index < -0.39 is 7.60 Å². The number of nitrogens with zero attached hydrogens (tertiary/aromatic N) is 1. The third kappa shape index (κ3) is 4.58. The van der Waals surface area contributed by atoms with Gasteiger partial charge in [0, 0.05) is 19.6 Å². The standard InChI is InChI=1S/C8H16NO3P/c1-8-2-4-9(5-3-8)6-7-13(10,11)12/h2H,3-7H2,1H3,(H2,10,11,12). The van der Waals surface area contributed by atoms with Crippen molar-refractivity contribution in [1.29, 1.82) is 0 Å². The molecule has 1 aliphatic rings. The van der Waals surface area contributed by atoms with Gasteiger partial charge in [-0.1, -0.05) is 11.6 Å². The van der Waals surface area contributed by atoms with Gasteiger partial charge in [-0.15, -0.1) is 0 Å². The van der Waals surface area contributed by atoms with Crippen LogP contribution in [0, 0.1) is 0 Å². The van der Waals surface area contributed by atoms with Crippen molar-refractivity contribution < 1.29 is 14.4 Å². The van der Waals surface area contributed by atoms with E-state index in [9.17, 15) is 4.57 Å². The monoisotopic (exact) mass is 205 g/mol. The topological polar surface area (TPSA) is 60.8 Å². The van der Waals surface area contributed by atoms with E-state index in [0.29, 0.717) is 6.54 Å². The molecule has 0 aliphatic carbocycles. The molecule has 5 heteroatoms. The lowest BCUT2D eigenvalue weighted by atomic mass is 10.1. The average Bonchev–Trinajstić information content (AvgIpc) is 2.02. The highest BCUT2D eigenvalue weighted by atomic mass is 31.2. The summed E-state index contributed by atoms with van der Waals surface area (Å²) in [4.78, 5) is 19.4. The van der Waals surface area contributed by atoms with Crippen molar-refractivity contribution in [1.82, 2.24) is 4.90 Å². The molecule has 76 valence electrons. The van der Waals surface area contributed by atoms with Crippen LogP contribution in [-0.4, -0.2) is 40.5 Å². The average molecular weight is 205 g/mol. The third-order valence-corrected chi connectivity index (χ3v) is 3.01. The molecule has 0 aromatic carbocycles. The van der Waals surface area contributed by atoms with E-state index in [1.807, 2.05) is 0 Å². The zero-order chi connectivity index (χ0) is 9.90. The van der Waals surface area contributed by atoms with Crippen LogP contribution in [0.15, 0.2) is 11.6 Å². The Hall–Kier alpha value is -0.150. The second kappa shape index (κ2) is 4.38. The van der Waals surface area contributed by atoms with Crippen LogP contribution in [0.3, 0.4) is 0 Å². The molecule has 2 N–H and O–H groups in total. The number of hydrogen-bond donors (Lipinski definition) is 2. The number of rotatable bonds is 3. The molecule has 0 unspecified atom stereocenters. The van der Waals surface area contributed by atoms with Gasteiger partial charge in [-0.3, -0.25) is 9.46 Å². The molecule has 13 heavy (non-hydrogen) atoms. The largest absolute Gasteiger partial charge is 0.326 e. The summed E-state index contributed by atoms with van der Waals surface area (Å²) in [5.41, 5.74) is 1.37. The molecule has 0 radical (unpaired) electrons. The van der Waals surface area contributed by atoms with Crippen LogP contribution in [0.2, 0.25) is 0 Å². The van der Waals surface area contributed by atoms with E-state index in [1.165, 1.54) is 5.57 Å². The first kappa shape index (κ1) is 10.9. The maximum Gasteiger partial charge on any atom is 0.326 e. The first-order chi connectivity index (χ1) is 5.97. The van der Waals surface area contributed by atoms with Gasteiger partial charge in [0.1, 0.15) is 0 Å². The molecule has 0 aromatic rings. The zero-order valence-corrected chi connectivity index (χ0v) is 8.70. The van der Waals surface area contributed by atoms with E-state index >= 15 is 0 Å². The van der Waals surface area contributed by atoms with Crippen molar-refractivity contribution in [3.8, 4) is 0 Å². The molecule has 0 fully saturated rings. The van der Waals surface area contributed by atoms with Crippen LogP contribution in [0.5, 0.6) is 0 Å². The lowest BCUT2D eigenvalue weighted by molar-refractivity contribution is 0.297. The lowest BCUT2D eigenvalue weighted by Gasteiger charge is -2.25. The summed E-state index contributed by atoms with van der Waals surface area (Å²) in [7, 11) is -3.81. The van der Waals surface area contributed by atoms with E-state index in [0.717, 1.165) is 19.5 Å². The smallest absolute Gasteiger partial charge is 0.324 e. The summed E-state index contributed by atoms with van der Waals surface area (Å²) in [6.07, 6.45) is 3.10. The van der Waals surface area contributed by atoms with Crippen molar-refractivity contribution in [2.45, 2.75) is 13.3 Å². The lowest BCUT2D eigenvalue weighted by Crippen LogP contribution is -2.31. The second-order valence-electron chi connectivity index (χ2n) is 3.49. The fraction of sp³-hybridized carbons (Fsp3) is 0.750. The minimum absolute atomic E-state index is 0.0279. The Bertz CT molecular complexity index is 246. The Kier molecular flexibility index (Phi) is 3.68. The van der Waals surface area contributed by atoms with Gasteiger partial charge in [0.2, 0.25) is 0 Å². The fourth-order valence-electron chi connectivity index (χ4n) is 1.29. The molecule has 0 aromatic heterocycles. The summed E-state index contributed by atoms with van der Waals surface area (Å²) < 4.78 is 10.6. The maximum atomic E-state index is 10.6. The quantitative estimate of drug-likeness (QED) is 0.529. The van der Waals surface area contributed by atoms with Crippen LogP contribution < -0.4 is 0 Å². The zero-order valence-electron chi connectivity index (χ0n) is 7.81. The van der Waals surface area contributed by atoms with Crippen molar-refractivity contribution >= 4 is 7.60 Å². The molecule has 1 rings (SSSR count). The Morgan fingerprint density at radius 3 is 2.77 bits per heavy atom. The van der Waals surface area contributed by atoms with Crippen molar-refractivity contribution in [2.24, 2.45) is 0 Å². The highest BCUT2D eigenvalue weighted by Gasteiger charge is 2.16. The Labute approximate surface area is 78.4 Å². The third-order valence-electron chi connectivity index (χ3n) is 2.23. The van der Waals surface area contributed by atoms with Crippen molar-refractivity contribution in [3.05, 3.63) is 11.6 Å². The molecule has 0 atom stereocenters. The first-order valence-electron chi connectivity index (χ1n) is 4.40. The highest BCUT2D eigenvalue weighted by Crippen LogP contribution is 2.33. The van der Waals surface area contributed by atoms with Gasteiger partial charge in [-0.2, -0.15) is 0 Å². The predicted molar refractivity (Wildman–Crippen MR) is 51.7 cm³/mol. The highest BCUT2D eigenvalue weighted by molar-refractivity contribution is 7.51. The van der Waals surface area contributed by atoms with Crippen molar-refractivity contribution in [2.75, 3.05) is 25.8 Å². The van der Waals surface area contributed by atoms with Crippen LogP contribution >= 0.6 is 7.60 Å². The summed E-state index contributed by atoms with van der Waals surface area (Å²) >= 11 is 0. The maximum absolute atomic E-state index is 10.6. The normalized spacial score (nSPS) is 20.1. The summed E-state index contributed by atoms with van der Waals surface area (Å²) in [6, 6.07) is 0. The van der Waals surface area contributed by atoms with E-state index in [2.05, 4.69) is 17.9 Å². The Balaban J connectivity index is 2.28. The molecule has 0 amide bonds. The SMILES string of the molecule is CC1=CCN(CCP(=O)(O)O)CC1. The summed E-state index contributed by atoms with van der Waals surface area (Å²) in [5, 5.41) is 0. The molecular formula is C8H16NO3P. The van der Waals surface area contributed by atoms with Crippen LogP contribution in [0.4, 0.5) is 0 Å². The van der Waals surface area contributed by atoms with Crippen LogP contribution in [-0.2, 0) is 4.57 Å². The van der Waals surface area contributed by atoms with Crippen LogP contribution in [0.25, 0.3) is 0 Å². The molecule has 4 nitrogen and oxygen atoms in total. The van der Waals surface area contributed by atoms with Crippen LogP contribution in [0.1, 0.15) is 13.3 Å². The van der Waals surface area contributed by atoms with Crippen molar-refractivity contribution in [3.63, 3.8) is 0 Å². The van der Waals surface area contributed by atoms with Gasteiger partial charge < -0.3 is 9.79 Å². The molecule has 0 saturated heterocycles. The molecule has 1 aliphatic heterocycles. The summed E-state index contributed by atoms with van der Waals surface area (Å²) in [6.45, 7) is 4.32. The minimum atomic E-state index is -3.81. The first-order valence-corrected chi connectivity index (χ1v) is 6.20. The van der Waals surface area contributed by atoms with Gasteiger partial charge in [-0.25, -0.2) is 0 Å². The molecule has 0 bridgehead atoms. The Morgan fingerprint density at radius 2 is 2.31 bits per heavy atom. The summed E-state index contributed by atoms with van der Waals surface area (Å²) in [5.74, 6) is 0. The van der Waals surface area contributed by atoms with Gasteiger partial charge in [0.15, 0.2) is 0 Å². The molecular weight excluding hydrogens is 189 g/mol. The van der Waals surface area contributed by atoms with Gasteiger partial charge in [0.25, 0.3) is 0 Å². The van der Waals surface area contributed by atoms with Gasteiger partial charge in [0.05, 0.1) is 6.16 Å². The Morgan fingerprint density at radius 1 is 1.62 bits per heavy atom. The number of hydrogen-bond acceptors (Lipinski definition) is 2. The van der Waals surface area contributed by atoms with E-state index in [4.69, 9.17) is 9.79 Å². The fourth-order valence-corrected chi connectivity index (χ4v) is 1.83. The molecule has 0 spiro atoms. The molecule has 1 heterocycles. The predicted octanol–water partition coefficient (Wildman–Crippen LogP) is 0.816. The van der Waals surface area contributed by atoms with Gasteiger partial charge >= 0.3 is 7.60 Å². The second-order valence-corrected chi connectivity index (χ2v) is 5.27. The van der Waals surface area contributed by atoms with E-state index in [-0.39, 0.29) is 6.16 Å². The molecule has 0 saturated carbocycles. The minimum Gasteiger partial charge on any atom is -0.324 e. The van der Waals surface area contributed by atoms with E-state index in [1.54, 1.807) is 0 Å². The van der Waals surface area contributed by atoms with Gasteiger partial charge in [-0.05, 0) is 13.3 Å².